The van der Waals surface area contributed by atoms with Crippen LogP contribution in [0.3, 0.4) is 0 Å². The van der Waals surface area contributed by atoms with E-state index >= 15 is 0 Å². The number of hydrogen-bond donors (Lipinski definition) is 1. The van der Waals surface area contributed by atoms with Gasteiger partial charge in [-0.25, -0.2) is 0 Å². The summed E-state index contributed by atoms with van der Waals surface area (Å²) < 4.78 is 16.1. The van der Waals surface area contributed by atoms with Crippen molar-refractivity contribution in [1.29, 1.82) is 0 Å². The molecule has 6 nitrogen and oxygen atoms in total. The van der Waals surface area contributed by atoms with Gasteiger partial charge in [-0.2, -0.15) is 4.98 Å². The van der Waals surface area contributed by atoms with E-state index in [0.29, 0.717) is 17.3 Å². The number of methoxy groups -OCH3 is 2. The Kier molecular flexibility index (Phi) is 5.37. The van der Waals surface area contributed by atoms with Crippen LogP contribution in [0, 0.1) is 0 Å². The monoisotopic (exact) mass is 341 g/mol. The van der Waals surface area contributed by atoms with Gasteiger partial charge >= 0.3 is 0 Å². The Labute approximate surface area is 125 Å². The van der Waals surface area contributed by atoms with Crippen LogP contribution in [0.25, 0.3) is 0 Å². The number of nitrogens with one attached hydrogen (secondary N) is 1. The average molecular weight is 342 g/mol. The summed E-state index contributed by atoms with van der Waals surface area (Å²) in [4.78, 5) is 3.96. The number of halogens is 1. The fourth-order valence-electron chi connectivity index (χ4n) is 1.81. The van der Waals surface area contributed by atoms with Gasteiger partial charge in [0.1, 0.15) is 0 Å². The lowest BCUT2D eigenvalue weighted by Gasteiger charge is -2.12. The largest absolute Gasteiger partial charge is 0.493 e. The summed E-state index contributed by atoms with van der Waals surface area (Å²) in [7, 11) is 3.24. The molecule has 20 heavy (non-hydrogen) atoms. The van der Waals surface area contributed by atoms with Gasteiger partial charge in [0, 0.05) is 19.5 Å². The predicted molar refractivity (Wildman–Crippen MR) is 77.0 cm³/mol. The molecule has 1 aromatic heterocycles. The summed E-state index contributed by atoms with van der Waals surface area (Å²) in [6.45, 7) is 1.49. The van der Waals surface area contributed by atoms with Crippen LogP contribution in [0.5, 0.6) is 11.5 Å². The van der Waals surface area contributed by atoms with Crippen molar-refractivity contribution in [3.8, 4) is 11.5 Å². The van der Waals surface area contributed by atoms with Crippen LogP contribution in [0.4, 0.5) is 0 Å². The zero-order chi connectivity index (χ0) is 14.4. The van der Waals surface area contributed by atoms with Crippen LogP contribution in [0.1, 0.15) is 11.4 Å². The third-order valence-electron chi connectivity index (χ3n) is 2.75. The maximum absolute atomic E-state index is 5.31. The highest BCUT2D eigenvalue weighted by molar-refractivity contribution is 9.10. The Morgan fingerprint density at radius 2 is 2.15 bits per heavy atom. The summed E-state index contributed by atoms with van der Waals surface area (Å²) >= 11 is 3.47. The van der Waals surface area contributed by atoms with Crippen molar-refractivity contribution in [2.45, 2.75) is 13.0 Å². The third kappa shape index (κ3) is 3.71. The molecule has 1 heterocycles. The highest BCUT2D eigenvalue weighted by atomic mass is 79.9. The smallest absolute Gasteiger partial charge is 0.213 e. The van der Waals surface area contributed by atoms with Crippen molar-refractivity contribution in [1.82, 2.24) is 15.5 Å². The van der Waals surface area contributed by atoms with Crippen molar-refractivity contribution in [3.05, 3.63) is 34.4 Å². The first-order chi connectivity index (χ1) is 9.74. The second kappa shape index (κ2) is 7.25. The molecular weight excluding hydrogens is 326 g/mol. The number of hydrogen-bond acceptors (Lipinski definition) is 6. The van der Waals surface area contributed by atoms with Crippen LogP contribution in [0.2, 0.25) is 0 Å². The molecule has 0 radical (unpaired) electrons. The first kappa shape index (κ1) is 14.8. The van der Waals surface area contributed by atoms with Gasteiger partial charge in [0.15, 0.2) is 17.3 Å². The lowest BCUT2D eigenvalue weighted by atomic mass is 10.2. The molecule has 1 aromatic carbocycles. The number of ether oxygens (including phenoxy) is 2. The number of nitrogens with zero attached hydrogens (tertiary/aromatic N) is 2. The Bertz CT molecular complexity index is 546. The molecule has 108 valence electrons. The van der Waals surface area contributed by atoms with E-state index in [-0.39, 0.29) is 0 Å². The molecule has 0 saturated heterocycles. The first-order valence-corrected chi connectivity index (χ1v) is 6.90. The van der Waals surface area contributed by atoms with E-state index in [9.17, 15) is 0 Å². The van der Waals surface area contributed by atoms with Crippen molar-refractivity contribution >= 4 is 15.9 Å². The molecule has 7 heteroatoms. The molecule has 0 aliphatic carbocycles. The maximum Gasteiger partial charge on any atom is 0.213 e. The van der Waals surface area contributed by atoms with E-state index < -0.39 is 0 Å². The van der Waals surface area contributed by atoms with Crippen molar-refractivity contribution < 1.29 is 14.0 Å². The maximum atomic E-state index is 5.31. The topological polar surface area (TPSA) is 69.4 Å². The van der Waals surface area contributed by atoms with Crippen LogP contribution >= 0.6 is 15.9 Å². The number of aromatic nitrogens is 2. The quantitative estimate of drug-likeness (QED) is 0.778. The summed E-state index contributed by atoms with van der Waals surface area (Å²) in [5, 5.41) is 7.07. The molecule has 0 unspecified atom stereocenters. The molecule has 0 fully saturated rings. The van der Waals surface area contributed by atoms with Gasteiger partial charge in [0.25, 0.3) is 0 Å². The van der Waals surface area contributed by atoms with Crippen molar-refractivity contribution in [2.24, 2.45) is 0 Å². The zero-order valence-corrected chi connectivity index (χ0v) is 12.9. The summed E-state index contributed by atoms with van der Waals surface area (Å²) in [5.41, 5.74) is 1.10. The minimum atomic E-state index is 0.697. The SMILES string of the molecule is COc1cc(CNCCc2ncon2)cc(Br)c1OC. The Morgan fingerprint density at radius 1 is 1.30 bits per heavy atom. The van der Waals surface area contributed by atoms with Crippen molar-refractivity contribution in [2.75, 3.05) is 20.8 Å². The van der Waals surface area contributed by atoms with Gasteiger partial charge in [-0.15, -0.1) is 0 Å². The molecule has 0 amide bonds. The third-order valence-corrected chi connectivity index (χ3v) is 3.34. The minimum Gasteiger partial charge on any atom is -0.493 e. The molecule has 0 atom stereocenters. The highest BCUT2D eigenvalue weighted by Crippen LogP contribution is 2.36. The molecule has 0 aliphatic rings. The second-order valence-corrected chi connectivity index (χ2v) is 4.94. The molecule has 0 saturated carbocycles. The summed E-state index contributed by atoms with van der Waals surface area (Å²) in [6, 6.07) is 3.95. The van der Waals surface area contributed by atoms with Crippen molar-refractivity contribution in [3.63, 3.8) is 0 Å². The van der Waals surface area contributed by atoms with E-state index in [1.54, 1.807) is 14.2 Å². The molecule has 0 bridgehead atoms. The predicted octanol–water partition coefficient (Wildman–Crippen LogP) is 2.18. The highest BCUT2D eigenvalue weighted by Gasteiger charge is 2.10. The van der Waals surface area contributed by atoms with Gasteiger partial charge < -0.3 is 19.3 Å². The molecule has 1 N–H and O–H groups in total. The van der Waals surface area contributed by atoms with E-state index in [1.807, 2.05) is 12.1 Å². The first-order valence-electron chi connectivity index (χ1n) is 6.11. The van der Waals surface area contributed by atoms with Gasteiger partial charge in [-0.1, -0.05) is 5.16 Å². The fraction of sp³-hybridized carbons (Fsp3) is 0.385. The molecule has 0 spiro atoms. The Morgan fingerprint density at radius 3 is 2.80 bits per heavy atom. The van der Waals surface area contributed by atoms with Crippen LogP contribution in [-0.2, 0) is 13.0 Å². The van der Waals surface area contributed by atoms with Gasteiger partial charge in [0.2, 0.25) is 6.39 Å². The molecule has 0 aliphatic heterocycles. The number of rotatable bonds is 7. The van der Waals surface area contributed by atoms with E-state index in [0.717, 1.165) is 29.5 Å². The van der Waals surface area contributed by atoms with Crippen LogP contribution in [-0.4, -0.2) is 30.9 Å². The molecular formula is C13H16BrN3O3. The lowest BCUT2D eigenvalue weighted by molar-refractivity contribution is 0.352. The molecule has 2 aromatic rings. The molecule has 2 rings (SSSR count). The average Bonchev–Trinajstić information content (AvgIpc) is 2.96. The van der Waals surface area contributed by atoms with Crippen LogP contribution in [0.15, 0.2) is 27.5 Å². The van der Waals surface area contributed by atoms with E-state index in [4.69, 9.17) is 9.47 Å². The second-order valence-electron chi connectivity index (χ2n) is 4.09. The van der Waals surface area contributed by atoms with Gasteiger partial charge in [0.05, 0.1) is 18.7 Å². The van der Waals surface area contributed by atoms with E-state index in [2.05, 4.69) is 35.9 Å². The summed E-state index contributed by atoms with van der Waals surface area (Å²) in [5.74, 6) is 2.10. The number of benzene rings is 1. The van der Waals surface area contributed by atoms with Gasteiger partial charge in [-0.3, -0.25) is 0 Å². The van der Waals surface area contributed by atoms with Crippen LogP contribution < -0.4 is 14.8 Å². The minimum absolute atomic E-state index is 0.697. The Hall–Kier alpha value is -1.60. The normalized spacial score (nSPS) is 10.6. The van der Waals surface area contributed by atoms with Gasteiger partial charge in [-0.05, 0) is 33.6 Å². The Balaban J connectivity index is 1.91. The lowest BCUT2D eigenvalue weighted by Crippen LogP contribution is -2.17. The van der Waals surface area contributed by atoms with E-state index in [1.165, 1.54) is 6.39 Å². The summed E-state index contributed by atoms with van der Waals surface area (Å²) in [6.07, 6.45) is 2.06. The standard InChI is InChI=1S/C13H16BrN3O3/c1-18-11-6-9(5-10(14)13(11)19-2)7-15-4-3-12-16-8-20-17-12/h5-6,8,15H,3-4,7H2,1-2H3. The fourth-order valence-corrected chi connectivity index (χ4v) is 2.46. The zero-order valence-electron chi connectivity index (χ0n) is 11.4.